The molecule has 1 saturated carbocycles. The molecule has 0 spiro atoms. The molecule has 7 rings (SSSR count). The normalized spacial score (nSPS) is 20.1. The number of amides is 1. The molecular weight excluding hydrogens is 486 g/mol. The molecule has 1 fully saturated rings. The van der Waals surface area contributed by atoms with Crippen LogP contribution < -0.4 is 10.2 Å². The molecule has 8 nitrogen and oxygen atoms in total. The van der Waals surface area contributed by atoms with Gasteiger partial charge in [-0.2, -0.15) is 5.10 Å². The largest absolute Gasteiger partial charge is 0.340 e. The van der Waals surface area contributed by atoms with Crippen molar-refractivity contribution in [1.82, 2.24) is 19.7 Å². The highest BCUT2D eigenvalue weighted by atomic mass is 16.2. The number of para-hydroxylation sites is 1. The number of aromatic nitrogens is 3. The summed E-state index contributed by atoms with van der Waals surface area (Å²) in [5, 5.41) is 8.64. The second-order valence-electron chi connectivity index (χ2n) is 10.5. The predicted molar refractivity (Wildman–Crippen MR) is 153 cm³/mol. The van der Waals surface area contributed by atoms with Crippen molar-refractivity contribution < 1.29 is 4.79 Å². The maximum atomic E-state index is 13.8. The number of nitrogens with zero attached hydrogens (tertiary/aromatic N) is 6. The standard InChI is InChI=1S/C31H31N7O/c1-36-30(39)27-28(33-23-10-4-2-5-11-23)37(20-21-15-17-22(18-16-21)24-12-8-9-19-32-24)35-29(27)38-26-14-7-3-6-13-25(26)34-31(36)38/h2,4-5,8-12,15-19,25-26,33H,3,6-7,13-14,20H2,1H3/t25-,26+/m1/s1. The Morgan fingerprint density at radius 2 is 1.72 bits per heavy atom. The number of aliphatic imine (C=N–C) groups is 1. The van der Waals surface area contributed by atoms with E-state index in [1.807, 2.05) is 66.5 Å². The van der Waals surface area contributed by atoms with Gasteiger partial charge >= 0.3 is 0 Å². The van der Waals surface area contributed by atoms with Gasteiger partial charge in [-0.05, 0) is 42.7 Å². The van der Waals surface area contributed by atoms with Crippen LogP contribution in [0.4, 0.5) is 17.3 Å². The lowest BCUT2D eigenvalue weighted by molar-refractivity contribution is 0.0866. The van der Waals surface area contributed by atoms with Crippen molar-refractivity contribution in [1.29, 1.82) is 0 Å². The summed E-state index contributed by atoms with van der Waals surface area (Å²) in [7, 11) is 1.84. The summed E-state index contributed by atoms with van der Waals surface area (Å²) in [5.74, 6) is 2.08. The number of hydrogen-bond donors (Lipinski definition) is 1. The Morgan fingerprint density at radius 1 is 0.923 bits per heavy atom. The molecule has 3 aliphatic rings. The van der Waals surface area contributed by atoms with Crippen LogP contribution in [-0.4, -0.2) is 50.7 Å². The highest BCUT2D eigenvalue weighted by Crippen LogP contribution is 2.42. The molecule has 0 radical (unpaired) electrons. The van der Waals surface area contributed by atoms with E-state index in [1.165, 1.54) is 19.3 Å². The molecule has 0 unspecified atom stereocenters. The average Bonchev–Trinajstić information content (AvgIpc) is 3.41. The monoisotopic (exact) mass is 517 g/mol. The van der Waals surface area contributed by atoms with Crippen LogP contribution in [0.25, 0.3) is 11.3 Å². The van der Waals surface area contributed by atoms with Gasteiger partial charge in [0, 0.05) is 24.5 Å². The number of benzene rings is 2. The summed E-state index contributed by atoms with van der Waals surface area (Å²) in [6.07, 6.45) is 7.51. The number of hydrogen-bond acceptors (Lipinski definition) is 6. The van der Waals surface area contributed by atoms with Crippen molar-refractivity contribution in [2.24, 2.45) is 4.99 Å². The highest BCUT2D eigenvalue weighted by Gasteiger charge is 2.48. The lowest BCUT2D eigenvalue weighted by Crippen LogP contribution is -2.51. The van der Waals surface area contributed by atoms with Gasteiger partial charge in [-0.1, -0.05) is 67.8 Å². The third kappa shape index (κ3) is 4.16. The van der Waals surface area contributed by atoms with Crippen molar-refractivity contribution in [3.05, 3.63) is 90.1 Å². The summed E-state index contributed by atoms with van der Waals surface area (Å²) in [6, 6.07) is 24.7. The number of carbonyl (C=O) groups is 1. The van der Waals surface area contributed by atoms with Gasteiger partial charge in [0.15, 0.2) is 5.82 Å². The van der Waals surface area contributed by atoms with E-state index in [2.05, 4.69) is 39.5 Å². The van der Waals surface area contributed by atoms with Crippen LogP contribution in [0.1, 0.15) is 48.0 Å². The number of guanidine groups is 1. The van der Waals surface area contributed by atoms with Crippen molar-refractivity contribution >= 4 is 29.2 Å². The van der Waals surface area contributed by atoms with Crippen molar-refractivity contribution in [2.75, 3.05) is 17.3 Å². The third-order valence-corrected chi connectivity index (χ3v) is 8.04. The van der Waals surface area contributed by atoms with E-state index in [-0.39, 0.29) is 18.0 Å². The van der Waals surface area contributed by atoms with Gasteiger partial charge < -0.3 is 5.32 Å². The number of rotatable bonds is 5. The quantitative estimate of drug-likeness (QED) is 0.367. The van der Waals surface area contributed by atoms with Gasteiger partial charge in [0.05, 0.1) is 24.3 Å². The van der Waals surface area contributed by atoms with Crippen LogP contribution in [0.15, 0.2) is 84.0 Å². The lowest BCUT2D eigenvalue weighted by Gasteiger charge is -2.35. The first kappa shape index (κ1) is 23.6. The van der Waals surface area contributed by atoms with Gasteiger partial charge in [0.2, 0.25) is 5.96 Å². The minimum absolute atomic E-state index is 0.0772. The van der Waals surface area contributed by atoms with E-state index < -0.39 is 0 Å². The Bertz CT molecular complexity index is 1530. The SMILES string of the molecule is CN1C(=O)c2c(nn(Cc3ccc(-c4ccccn4)cc3)c2Nc2ccccc2)N2C1=N[C@@H]1CCCCC[C@@H]12. The summed E-state index contributed by atoms with van der Waals surface area (Å²) >= 11 is 0. The summed E-state index contributed by atoms with van der Waals surface area (Å²) in [4.78, 5) is 27.3. The molecule has 0 saturated heterocycles. The van der Waals surface area contributed by atoms with E-state index in [9.17, 15) is 4.79 Å². The van der Waals surface area contributed by atoms with Crippen LogP contribution in [0.2, 0.25) is 0 Å². The van der Waals surface area contributed by atoms with E-state index in [0.29, 0.717) is 17.9 Å². The first-order chi connectivity index (χ1) is 19.2. The van der Waals surface area contributed by atoms with Crippen LogP contribution in [0.3, 0.4) is 0 Å². The van der Waals surface area contributed by atoms with Crippen LogP contribution in [-0.2, 0) is 6.54 Å². The first-order valence-corrected chi connectivity index (χ1v) is 13.8. The number of carbonyl (C=O) groups excluding carboxylic acids is 1. The number of anilines is 3. The zero-order valence-electron chi connectivity index (χ0n) is 22.0. The molecule has 0 bridgehead atoms. The smallest absolute Gasteiger partial charge is 0.267 e. The first-order valence-electron chi connectivity index (χ1n) is 13.8. The van der Waals surface area contributed by atoms with E-state index in [4.69, 9.17) is 10.1 Å². The van der Waals surface area contributed by atoms with Crippen molar-refractivity contribution in [2.45, 2.75) is 50.7 Å². The molecular formula is C31H31N7O. The number of fused-ring (bicyclic) bond motifs is 5. The second kappa shape index (κ2) is 9.69. The molecule has 2 aromatic heterocycles. The maximum absolute atomic E-state index is 13.8. The summed E-state index contributed by atoms with van der Waals surface area (Å²) < 4.78 is 1.94. The number of pyridine rings is 1. The average molecular weight is 518 g/mol. The third-order valence-electron chi connectivity index (χ3n) is 8.04. The number of nitrogens with one attached hydrogen (secondary N) is 1. The minimum atomic E-state index is -0.0772. The Hall–Kier alpha value is -4.46. The van der Waals surface area contributed by atoms with Gasteiger partial charge in [-0.25, -0.2) is 9.67 Å². The molecule has 1 N–H and O–H groups in total. The Labute approximate surface area is 228 Å². The zero-order chi connectivity index (χ0) is 26.3. The molecule has 1 amide bonds. The molecule has 4 heterocycles. The summed E-state index contributed by atoms with van der Waals surface area (Å²) in [6.45, 7) is 0.524. The Morgan fingerprint density at radius 3 is 2.51 bits per heavy atom. The van der Waals surface area contributed by atoms with Crippen molar-refractivity contribution in [3.8, 4) is 11.3 Å². The molecule has 2 aliphatic heterocycles. The zero-order valence-corrected chi connectivity index (χ0v) is 22.0. The van der Waals surface area contributed by atoms with Gasteiger partial charge in [-0.3, -0.25) is 19.6 Å². The fraction of sp³-hybridized carbons (Fsp3) is 0.290. The molecule has 1 aliphatic carbocycles. The predicted octanol–water partition coefficient (Wildman–Crippen LogP) is 5.70. The molecule has 196 valence electrons. The topological polar surface area (TPSA) is 78.7 Å². The Kier molecular flexibility index (Phi) is 5.87. The van der Waals surface area contributed by atoms with Crippen molar-refractivity contribution in [3.63, 3.8) is 0 Å². The molecule has 2 aromatic carbocycles. The van der Waals surface area contributed by atoms with Crippen LogP contribution in [0.5, 0.6) is 0 Å². The Balaban J connectivity index is 1.30. The minimum Gasteiger partial charge on any atom is -0.340 e. The van der Waals surface area contributed by atoms with E-state index in [0.717, 1.165) is 47.1 Å². The second-order valence-corrected chi connectivity index (χ2v) is 10.5. The maximum Gasteiger partial charge on any atom is 0.267 e. The van der Waals surface area contributed by atoms with Gasteiger partial charge in [0.1, 0.15) is 11.4 Å². The summed E-state index contributed by atoms with van der Waals surface area (Å²) in [5.41, 5.74) is 4.62. The molecule has 4 aromatic rings. The fourth-order valence-electron chi connectivity index (χ4n) is 6.04. The van der Waals surface area contributed by atoms with Gasteiger partial charge in [0.25, 0.3) is 5.91 Å². The fourth-order valence-corrected chi connectivity index (χ4v) is 6.04. The molecule has 2 atom stereocenters. The van der Waals surface area contributed by atoms with Crippen LogP contribution in [0, 0.1) is 0 Å². The van der Waals surface area contributed by atoms with E-state index >= 15 is 0 Å². The lowest BCUT2D eigenvalue weighted by atomic mass is 10.0. The van der Waals surface area contributed by atoms with E-state index in [1.54, 1.807) is 4.90 Å². The molecule has 39 heavy (non-hydrogen) atoms. The van der Waals surface area contributed by atoms with Crippen LogP contribution >= 0.6 is 0 Å². The molecule has 8 heteroatoms. The highest BCUT2D eigenvalue weighted by molar-refractivity contribution is 6.21. The van der Waals surface area contributed by atoms with Gasteiger partial charge in [-0.15, -0.1) is 0 Å².